The number of sulfonamides is 1. The van der Waals surface area contributed by atoms with E-state index in [1.807, 2.05) is 19.1 Å². The van der Waals surface area contributed by atoms with E-state index in [0.29, 0.717) is 10.8 Å². The van der Waals surface area contributed by atoms with Crippen LogP contribution >= 0.6 is 0 Å². The third-order valence-corrected chi connectivity index (χ3v) is 5.88. The molecule has 1 N–H and O–H groups in total. The third kappa shape index (κ3) is 4.68. The summed E-state index contributed by atoms with van der Waals surface area (Å²) in [5, 5.41) is 0. The fourth-order valence-corrected chi connectivity index (χ4v) is 4.36. The molecule has 1 aliphatic carbocycles. The van der Waals surface area contributed by atoms with Crippen LogP contribution < -0.4 is 4.72 Å². The predicted molar refractivity (Wildman–Crippen MR) is 91.3 cm³/mol. The number of benzene rings is 1. The van der Waals surface area contributed by atoms with Gasteiger partial charge in [0.1, 0.15) is 0 Å². The maximum Gasteiger partial charge on any atom is 0.240 e. The summed E-state index contributed by atoms with van der Waals surface area (Å²) in [6, 6.07) is 7.11. The highest BCUT2D eigenvalue weighted by Crippen LogP contribution is 2.29. The molecule has 1 fully saturated rings. The molecule has 4 heteroatoms. The molecule has 2 atom stereocenters. The Morgan fingerprint density at radius 2 is 1.82 bits per heavy atom. The summed E-state index contributed by atoms with van der Waals surface area (Å²) >= 11 is 0. The first-order valence-corrected chi connectivity index (χ1v) is 9.59. The minimum absolute atomic E-state index is 0.0515. The second-order valence-electron chi connectivity index (χ2n) is 6.60. The Balaban J connectivity index is 2.11. The summed E-state index contributed by atoms with van der Waals surface area (Å²) in [5.41, 5.74) is 2.36. The van der Waals surface area contributed by atoms with Gasteiger partial charge in [-0.2, -0.15) is 0 Å². The number of hydrogen-bond acceptors (Lipinski definition) is 2. The van der Waals surface area contributed by atoms with Crippen molar-refractivity contribution < 1.29 is 8.42 Å². The Labute approximate surface area is 134 Å². The fourth-order valence-electron chi connectivity index (χ4n) is 3.02. The molecule has 0 saturated heterocycles. The van der Waals surface area contributed by atoms with Crippen LogP contribution in [0.5, 0.6) is 0 Å². The van der Waals surface area contributed by atoms with Gasteiger partial charge in [0.05, 0.1) is 4.90 Å². The van der Waals surface area contributed by atoms with Gasteiger partial charge >= 0.3 is 0 Å². The number of nitrogens with one attached hydrogen (secondary N) is 1. The van der Waals surface area contributed by atoms with Crippen molar-refractivity contribution in [2.45, 2.75) is 63.8 Å². The van der Waals surface area contributed by atoms with E-state index in [1.54, 1.807) is 12.1 Å². The molecule has 0 bridgehead atoms. The summed E-state index contributed by atoms with van der Waals surface area (Å²) in [5.74, 6) is 0.406. The van der Waals surface area contributed by atoms with Crippen LogP contribution in [0.2, 0.25) is 0 Å². The summed E-state index contributed by atoms with van der Waals surface area (Å²) in [7, 11) is -3.42. The van der Waals surface area contributed by atoms with Gasteiger partial charge in [0.2, 0.25) is 10.0 Å². The molecule has 0 heterocycles. The molecule has 2 rings (SSSR count). The third-order valence-electron chi connectivity index (χ3n) is 4.38. The van der Waals surface area contributed by atoms with Gasteiger partial charge in [-0.25, -0.2) is 13.1 Å². The Bertz CT molecular complexity index is 613. The van der Waals surface area contributed by atoms with Gasteiger partial charge in [-0.1, -0.05) is 42.2 Å². The maximum absolute atomic E-state index is 12.6. The zero-order valence-electron chi connectivity index (χ0n) is 13.8. The number of rotatable bonds is 5. The molecule has 0 aromatic heterocycles. The van der Waals surface area contributed by atoms with Crippen molar-refractivity contribution >= 4 is 10.0 Å². The molecular weight excluding hydrogens is 294 g/mol. The largest absolute Gasteiger partial charge is 0.240 e. The summed E-state index contributed by atoms with van der Waals surface area (Å²) in [4.78, 5) is 0.365. The Hall–Kier alpha value is -1.13. The molecule has 1 aromatic rings. The van der Waals surface area contributed by atoms with E-state index >= 15 is 0 Å². The molecular formula is C18H27NO2S. The Morgan fingerprint density at radius 3 is 2.45 bits per heavy atom. The number of aryl methyl sites for hydroxylation is 1. The molecule has 0 unspecified atom stereocenters. The lowest BCUT2D eigenvalue weighted by atomic mass is 9.83. The quantitative estimate of drug-likeness (QED) is 0.827. The topological polar surface area (TPSA) is 46.2 Å². The average molecular weight is 321 g/mol. The van der Waals surface area contributed by atoms with Crippen LogP contribution in [-0.2, 0) is 10.0 Å². The van der Waals surface area contributed by atoms with Gasteiger partial charge in [0.25, 0.3) is 0 Å². The van der Waals surface area contributed by atoms with Gasteiger partial charge in [-0.3, -0.25) is 0 Å². The van der Waals surface area contributed by atoms with Gasteiger partial charge in [-0.05, 0) is 58.1 Å². The van der Waals surface area contributed by atoms with Crippen LogP contribution in [0.3, 0.4) is 0 Å². The van der Waals surface area contributed by atoms with Gasteiger partial charge in [-0.15, -0.1) is 0 Å². The highest BCUT2D eigenvalue weighted by atomic mass is 32.2. The zero-order chi connectivity index (χ0) is 16.2. The van der Waals surface area contributed by atoms with Crippen molar-refractivity contribution in [3.8, 4) is 0 Å². The van der Waals surface area contributed by atoms with Crippen LogP contribution in [0, 0.1) is 12.8 Å². The molecule has 0 radical (unpaired) electrons. The van der Waals surface area contributed by atoms with Crippen LogP contribution in [0.4, 0.5) is 0 Å². The summed E-state index contributed by atoms with van der Waals surface area (Å²) < 4.78 is 28.1. The van der Waals surface area contributed by atoms with Crippen molar-refractivity contribution in [1.29, 1.82) is 0 Å². The maximum atomic E-state index is 12.6. The minimum Gasteiger partial charge on any atom is -0.208 e. The fraction of sp³-hybridized carbons (Fsp3) is 0.556. The Morgan fingerprint density at radius 1 is 1.18 bits per heavy atom. The lowest BCUT2D eigenvalue weighted by Crippen LogP contribution is -2.41. The second-order valence-corrected chi connectivity index (χ2v) is 8.32. The molecule has 0 spiro atoms. The van der Waals surface area contributed by atoms with Crippen molar-refractivity contribution in [2.24, 2.45) is 5.92 Å². The van der Waals surface area contributed by atoms with Crippen molar-refractivity contribution in [1.82, 2.24) is 4.72 Å². The molecule has 1 aliphatic rings. The highest BCUT2D eigenvalue weighted by Gasteiger charge is 2.28. The van der Waals surface area contributed by atoms with Crippen LogP contribution in [0.15, 0.2) is 40.8 Å². The smallest absolute Gasteiger partial charge is 0.208 e. The van der Waals surface area contributed by atoms with E-state index in [2.05, 4.69) is 24.6 Å². The van der Waals surface area contributed by atoms with E-state index in [-0.39, 0.29) is 6.04 Å². The first-order valence-electron chi connectivity index (χ1n) is 8.11. The van der Waals surface area contributed by atoms with Crippen molar-refractivity contribution in [2.75, 3.05) is 0 Å². The average Bonchev–Trinajstić information content (AvgIpc) is 2.46. The lowest BCUT2D eigenvalue weighted by molar-refractivity contribution is 0.291. The molecule has 0 amide bonds. The SMILES string of the molecule is CC(C)=CC[C@H]1CCCC[C@H]1NS(=O)(=O)c1ccc(C)cc1. The first kappa shape index (κ1) is 17.2. The first-order chi connectivity index (χ1) is 10.4. The molecule has 3 nitrogen and oxygen atoms in total. The lowest BCUT2D eigenvalue weighted by Gasteiger charge is -2.31. The molecule has 0 aliphatic heterocycles. The molecule has 122 valence electrons. The van der Waals surface area contributed by atoms with Crippen LogP contribution in [-0.4, -0.2) is 14.5 Å². The standard InChI is InChI=1S/C18H27NO2S/c1-14(2)8-11-16-6-4-5-7-18(16)19-22(20,21)17-12-9-15(3)10-13-17/h8-10,12-13,16,18-19H,4-7,11H2,1-3H3/t16-,18-/m1/s1. The van der Waals surface area contributed by atoms with Gasteiger partial charge in [0, 0.05) is 6.04 Å². The van der Waals surface area contributed by atoms with E-state index in [4.69, 9.17) is 0 Å². The Kier molecular flexibility index (Phi) is 5.81. The second kappa shape index (κ2) is 7.42. The van der Waals surface area contributed by atoms with Crippen LogP contribution in [0.1, 0.15) is 51.5 Å². The molecule has 22 heavy (non-hydrogen) atoms. The van der Waals surface area contributed by atoms with E-state index < -0.39 is 10.0 Å². The summed E-state index contributed by atoms with van der Waals surface area (Å²) in [6.45, 7) is 6.14. The van der Waals surface area contributed by atoms with Crippen molar-refractivity contribution in [3.05, 3.63) is 41.5 Å². The normalized spacial score (nSPS) is 22.3. The van der Waals surface area contributed by atoms with Crippen molar-refractivity contribution in [3.63, 3.8) is 0 Å². The minimum atomic E-state index is -3.42. The van der Waals surface area contributed by atoms with E-state index in [0.717, 1.165) is 31.2 Å². The van der Waals surface area contributed by atoms with E-state index in [9.17, 15) is 8.42 Å². The monoisotopic (exact) mass is 321 g/mol. The summed E-state index contributed by atoms with van der Waals surface area (Å²) in [6.07, 6.45) is 7.53. The number of hydrogen-bond donors (Lipinski definition) is 1. The predicted octanol–water partition coefficient (Wildman–Crippen LogP) is 4.19. The van der Waals surface area contributed by atoms with Crippen LogP contribution in [0.25, 0.3) is 0 Å². The zero-order valence-corrected chi connectivity index (χ0v) is 14.6. The van der Waals surface area contributed by atoms with Gasteiger partial charge < -0.3 is 0 Å². The molecule has 1 saturated carbocycles. The van der Waals surface area contributed by atoms with E-state index in [1.165, 1.54) is 12.0 Å². The van der Waals surface area contributed by atoms with Gasteiger partial charge in [0.15, 0.2) is 0 Å². The molecule has 1 aromatic carbocycles. The number of allylic oxidation sites excluding steroid dienone is 2. The highest BCUT2D eigenvalue weighted by molar-refractivity contribution is 7.89.